The number of carboxylic acids is 1. The zero-order valence-electron chi connectivity index (χ0n) is 20.9. The van der Waals surface area contributed by atoms with Crippen molar-refractivity contribution in [2.24, 2.45) is 5.92 Å². The number of piperazine rings is 1. The lowest BCUT2D eigenvalue weighted by atomic mass is 9.99. The number of amides is 2. The van der Waals surface area contributed by atoms with Gasteiger partial charge in [0, 0.05) is 18.0 Å². The van der Waals surface area contributed by atoms with E-state index in [2.05, 4.69) is 0 Å². The molecule has 0 bridgehead atoms. The van der Waals surface area contributed by atoms with E-state index < -0.39 is 46.6 Å². The molecule has 0 aliphatic carbocycles. The molecule has 198 valence electrons. The fourth-order valence-corrected chi connectivity index (χ4v) is 6.88. The number of sulfonamides is 1. The van der Waals surface area contributed by atoms with Gasteiger partial charge < -0.3 is 14.9 Å². The molecule has 1 N–H and O–H groups in total. The van der Waals surface area contributed by atoms with Gasteiger partial charge in [-0.25, -0.2) is 8.42 Å². The Morgan fingerprint density at radius 1 is 1.03 bits per heavy atom. The highest BCUT2D eigenvalue weighted by molar-refractivity contribution is 7.89. The van der Waals surface area contributed by atoms with Crippen LogP contribution in [0.3, 0.4) is 0 Å². The Morgan fingerprint density at radius 3 is 2.22 bits per heavy atom. The Balaban J connectivity index is 1.82. The van der Waals surface area contributed by atoms with Gasteiger partial charge in [-0.2, -0.15) is 4.31 Å². The molecule has 2 heterocycles. The molecule has 2 amide bonds. The van der Waals surface area contributed by atoms with E-state index in [0.29, 0.717) is 11.6 Å². The minimum Gasteiger partial charge on any atom is -0.481 e. The quantitative estimate of drug-likeness (QED) is 0.543. The van der Waals surface area contributed by atoms with Gasteiger partial charge >= 0.3 is 5.97 Å². The van der Waals surface area contributed by atoms with Crippen LogP contribution in [0.4, 0.5) is 0 Å². The highest BCUT2D eigenvalue weighted by Gasteiger charge is 2.58. The molecule has 0 unspecified atom stereocenters. The summed E-state index contributed by atoms with van der Waals surface area (Å²) in [5.74, 6) is -2.17. The lowest BCUT2D eigenvalue weighted by Gasteiger charge is -2.44. The number of carbonyl (C=O) groups excluding carboxylic acids is 2. The second kappa shape index (κ2) is 10.4. The normalized spacial score (nSPS) is 22.6. The summed E-state index contributed by atoms with van der Waals surface area (Å²) in [5, 5.41) is 9.92. The predicted molar refractivity (Wildman–Crippen MR) is 137 cm³/mol. The molecule has 0 radical (unpaired) electrons. The third-order valence-electron chi connectivity index (χ3n) is 6.67. The average molecular weight is 548 g/mol. The van der Waals surface area contributed by atoms with Crippen molar-refractivity contribution in [1.29, 1.82) is 0 Å². The monoisotopic (exact) mass is 547 g/mol. The van der Waals surface area contributed by atoms with E-state index in [0.717, 1.165) is 15.4 Å². The summed E-state index contributed by atoms with van der Waals surface area (Å²) >= 11 is 5.95. The van der Waals surface area contributed by atoms with Crippen LogP contribution in [0.2, 0.25) is 5.02 Å². The molecule has 2 saturated heterocycles. The highest BCUT2D eigenvalue weighted by Crippen LogP contribution is 2.37. The van der Waals surface area contributed by atoms with E-state index in [1.54, 1.807) is 4.90 Å². The van der Waals surface area contributed by atoms with Crippen molar-refractivity contribution in [2.75, 3.05) is 13.1 Å². The summed E-state index contributed by atoms with van der Waals surface area (Å²) in [5.41, 5.74) is 1.85. The molecule has 9 nitrogen and oxygen atoms in total. The lowest BCUT2D eigenvalue weighted by Crippen LogP contribution is -2.64. The van der Waals surface area contributed by atoms with Gasteiger partial charge in [-0.05, 0) is 42.7 Å². The number of hydrogen-bond donors (Lipinski definition) is 1. The van der Waals surface area contributed by atoms with Crippen LogP contribution in [0, 0.1) is 12.8 Å². The third-order valence-corrected chi connectivity index (χ3v) is 8.84. The van der Waals surface area contributed by atoms with Gasteiger partial charge in [0.05, 0.1) is 17.9 Å². The number of hydrogen-bond acceptors (Lipinski definition) is 5. The number of benzene rings is 2. The summed E-state index contributed by atoms with van der Waals surface area (Å²) in [6.07, 6.45) is -1.57. The van der Waals surface area contributed by atoms with Crippen LogP contribution in [-0.4, -0.2) is 76.8 Å². The Kier molecular flexibility index (Phi) is 7.64. The van der Waals surface area contributed by atoms with Gasteiger partial charge in [0.25, 0.3) is 0 Å². The minimum atomic E-state index is -4.31. The fraction of sp³-hybridized carbons (Fsp3) is 0.423. The molecule has 2 aliphatic rings. The molecule has 37 heavy (non-hydrogen) atoms. The summed E-state index contributed by atoms with van der Waals surface area (Å²) in [6.45, 7) is 6.17. The van der Waals surface area contributed by atoms with Gasteiger partial charge in [0.1, 0.15) is 18.2 Å². The molecular formula is C26H30ClN3O6S. The minimum absolute atomic E-state index is 0.0455. The van der Waals surface area contributed by atoms with Crippen LogP contribution in [0.1, 0.15) is 31.4 Å². The van der Waals surface area contributed by atoms with Crippen LogP contribution in [-0.2, 0) is 30.8 Å². The van der Waals surface area contributed by atoms with Crippen molar-refractivity contribution in [2.45, 2.75) is 56.8 Å². The van der Waals surface area contributed by atoms with Crippen LogP contribution >= 0.6 is 11.6 Å². The molecule has 2 aliphatic heterocycles. The maximum atomic E-state index is 13.9. The van der Waals surface area contributed by atoms with E-state index in [9.17, 15) is 27.9 Å². The van der Waals surface area contributed by atoms with E-state index in [-0.39, 0.29) is 29.7 Å². The maximum absolute atomic E-state index is 13.9. The molecule has 0 saturated carbocycles. The number of aryl methyl sites for hydroxylation is 1. The van der Waals surface area contributed by atoms with Crippen LogP contribution < -0.4 is 0 Å². The molecule has 11 heteroatoms. The number of aliphatic carboxylic acids is 1. The first-order chi connectivity index (χ1) is 17.4. The molecule has 0 spiro atoms. The summed E-state index contributed by atoms with van der Waals surface area (Å²) < 4.78 is 28.7. The molecular weight excluding hydrogens is 518 g/mol. The van der Waals surface area contributed by atoms with Crippen molar-refractivity contribution in [3.63, 3.8) is 0 Å². The molecule has 2 fully saturated rings. The largest absolute Gasteiger partial charge is 0.481 e. The maximum Gasteiger partial charge on any atom is 0.305 e. The van der Waals surface area contributed by atoms with E-state index >= 15 is 0 Å². The number of nitrogens with zero attached hydrogens (tertiary/aromatic N) is 3. The van der Waals surface area contributed by atoms with Gasteiger partial charge in [-0.1, -0.05) is 55.3 Å². The second-order valence-corrected chi connectivity index (χ2v) is 12.3. The number of carbonyl (C=O) groups is 3. The zero-order chi connectivity index (χ0) is 27.1. The SMILES string of the molecule is Cc1ccc(C[C@H]2C(=O)N(CC(C)C)C[C@H]3N2C(=O)[C@H](CC(=O)O)N3S(=O)(=O)c2ccc(Cl)cc2)cc1. The Hall–Kier alpha value is -2.95. The van der Waals surface area contributed by atoms with Crippen molar-refractivity contribution in [3.05, 3.63) is 64.7 Å². The number of halogens is 1. The van der Waals surface area contributed by atoms with Crippen molar-refractivity contribution < 1.29 is 27.9 Å². The van der Waals surface area contributed by atoms with Crippen molar-refractivity contribution >= 4 is 39.4 Å². The van der Waals surface area contributed by atoms with Gasteiger partial charge in [0.2, 0.25) is 21.8 Å². The molecule has 2 aromatic carbocycles. The summed E-state index contributed by atoms with van der Waals surface area (Å²) in [7, 11) is -4.31. The fourth-order valence-electron chi connectivity index (χ4n) is 5.04. The van der Waals surface area contributed by atoms with Crippen LogP contribution in [0.15, 0.2) is 53.4 Å². The zero-order valence-corrected chi connectivity index (χ0v) is 22.4. The van der Waals surface area contributed by atoms with Crippen molar-refractivity contribution in [3.8, 4) is 0 Å². The van der Waals surface area contributed by atoms with Gasteiger partial charge in [-0.15, -0.1) is 0 Å². The standard InChI is InChI=1S/C26H30ClN3O6S/c1-16(2)14-28-15-23-29(21(25(28)33)12-18-6-4-17(3)5-7-18)26(34)22(13-24(31)32)30(23)37(35,36)20-10-8-19(27)9-11-20/h4-11,16,21-23H,12-15H2,1-3H3,(H,31,32)/t21-,22-,23-/m0/s1. The topological polar surface area (TPSA) is 115 Å². The number of carboxylic acid groups (broad SMARTS) is 1. The molecule has 0 aromatic heterocycles. The van der Waals surface area contributed by atoms with Crippen molar-refractivity contribution in [1.82, 2.24) is 14.1 Å². The van der Waals surface area contributed by atoms with Gasteiger partial charge in [0.15, 0.2) is 0 Å². The number of rotatable bonds is 8. The smallest absolute Gasteiger partial charge is 0.305 e. The Bertz CT molecular complexity index is 1300. The van der Waals surface area contributed by atoms with E-state index in [1.165, 1.54) is 29.2 Å². The Morgan fingerprint density at radius 2 is 1.65 bits per heavy atom. The molecule has 3 atom stereocenters. The molecule has 2 aromatic rings. The van der Waals surface area contributed by atoms with E-state index in [1.807, 2.05) is 45.0 Å². The first kappa shape index (κ1) is 27.1. The lowest BCUT2D eigenvalue weighted by molar-refractivity contribution is -0.153. The first-order valence-corrected chi connectivity index (χ1v) is 13.9. The van der Waals surface area contributed by atoms with Gasteiger partial charge in [-0.3, -0.25) is 14.4 Å². The summed E-state index contributed by atoms with van der Waals surface area (Å²) in [4.78, 5) is 41.9. The highest BCUT2D eigenvalue weighted by atomic mass is 35.5. The third kappa shape index (κ3) is 5.37. The second-order valence-electron chi connectivity index (χ2n) is 9.97. The number of fused-ring (bicyclic) bond motifs is 1. The Labute approximate surface area is 221 Å². The van der Waals surface area contributed by atoms with Crippen LogP contribution in [0.25, 0.3) is 0 Å². The predicted octanol–water partition coefficient (Wildman–Crippen LogP) is 2.76. The average Bonchev–Trinajstić information content (AvgIpc) is 3.09. The van der Waals surface area contributed by atoms with Crippen LogP contribution in [0.5, 0.6) is 0 Å². The first-order valence-electron chi connectivity index (χ1n) is 12.1. The summed E-state index contributed by atoms with van der Waals surface area (Å²) in [6, 6.07) is 10.6. The van der Waals surface area contributed by atoms with E-state index in [4.69, 9.17) is 11.6 Å². The molecule has 4 rings (SSSR count).